The quantitative estimate of drug-likeness (QED) is 0.848. The third-order valence-electron chi connectivity index (χ3n) is 3.35. The van der Waals surface area contributed by atoms with E-state index in [9.17, 15) is 5.11 Å². The van der Waals surface area contributed by atoms with Crippen molar-refractivity contribution in [2.24, 2.45) is 5.92 Å². The Labute approximate surface area is 106 Å². The molecule has 1 aromatic carbocycles. The first-order valence-electron chi connectivity index (χ1n) is 5.65. The van der Waals surface area contributed by atoms with E-state index in [0.717, 1.165) is 24.8 Å². The fourth-order valence-electron chi connectivity index (χ4n) is 2.56. The summed E-state index contributed by atoms with van der Waals surface area (Å²) in [5.74, 6) is 0.618. The van der Waals surface area contributed by atoms with Crippen LogP contribution in [-0.4, -0.2) is 10.7 Å². The second kappa shape index (κ2) is 4.56. The molecule has 1 nitrogen and oxygen atoms in total. The molecule has 0 heterocycles. The van der Waals surface area contributed by atoms with Gasteiger partial charge in [-0.05, 0) is 42.9 Å². The first-order valence-corrected chi connectivity index (χ1v) is 6.40. The predicted molar refractivity (Wildman–Crippen MR) is 68.1 cm³/mol. The summed E-state index contributed by atoms with van der Waals surface area (Å²) in [6.07, 6.45) is 3.55. The molecule has 3 heteroatoms. The Kier molecular flexibility index (Phi) is 3.48. The minimum atomic E-state index is -0.545. The minimum absolute atomic E-state index is 0.545. The third kappa shape index (κ3) is 2.71. The maximum atomic E-state index is 10.4. The molecule has 1 aromatic rings. The highest BCUT2D eigenvalue weighted by Gasteiger charge is 2.35. The lowest BCUT2D eigenvalue weighted by Gasteiger charge is -2.22. The molecule has 0 aliphatic heterocycles. The van der Waals surface area contributed by atoms with Gasteiger partial charge in [0.15, 0.2) is 0 Å². The van der Waals surface area contributed by atoms with Crippen molar-refractivity contribution in [1.29, 1.82) is 0 Å². The molecule has 0 amide bonds. The first kappa shape index (κ1) is 12.2. The van der Waals surface area contributed by atoms with E-state index in [4.69, 9.17) is 23.2 Å². The van der Waals surface area contributed by atoms with Crippen molar-refractivity contribution in [3.63, 3.8) is 0 Å². The number of hydrogen-bond donors (Lipinski definition) is 1. The van der Waals surface area contributed by atoms with Gasteiger partial charge in [0.1, 0.15) is 0 Å². The molecular weight excluding hydrogens is 243 g/mol. The van der Waals surface area contributed by atoms with Gasteiger partial charge in [0.2, 0.25) is 0 Å². The van der Waals surface area contributed by atoms with Crippen LogP contribution in [0.15, 0.2) is 18.2 Å². The highest BCUT2D eigenvalue weighted by atomic mass is 35.5. The largest absolute Gasteiger partial charge is 0.390 e. The SMILES string of the molecule is CC1CCC(O)(Cc2ccc(Cl)c(Cl)c2)C1. The average molecular weight is 259 g/mol. The van der Waals surface area contributed by atoms with Gasteiger partial charge in [-0.1, -0.05) is 36.2 Å². The number of rotatable bonds is 2. The molecule has 0 radical (unpaired) electrons. The summed E-state index contributed by atoms with van der Waals surface area (Å²) < 4.78 is 0. The Hall–Kier alpha value is -0.240. The van der Waals surface area contributed by atoms with Crippen molar-refractivity contribution in [3.8, 4) is 0 Å². The molecule has 1 saturated carbocycles. The molecule has 1 aliphatic rings. The topological polar surface area (TPSA) is 20.2 Å². The summed E-state index contributed by atoms with van der Waals surface area (Å²) in [6.45, 7) is 2.19. The smallest absolute Gasteiger partial charge is 0.0690 e. The predicted octanol–water partition coefficient (Wildman–Crippen LogP) is 4.09. The van der Waals surface area contributed by atoms with Gasteiger partial charge in [-0.15, -0.1) is 0 Å². The maximum Gasteiger partial charge on any atom is 0.0690 e. The highest BCUT2D eigenvalue weighted by Crippen LogP contribution is 2.37. The van der Waals surface area contributed by atoms with Crippen LogP contribution in [0, 0.1) is 5.92 Å². The second-order valence-corrected chi connectivity index (χ2v) is 5.81. The maximum absolute atomic E-state index is 10.4. The van der Waals surface area contributed by atoms with Crippen LogP contribution in [0.1, 0.15) is 31.7 Å². The van der Waals surface area contributed by atoms with Gasteiger partial charge in [0, 0.05) is 6.42 Å². The fourth-order valence-corrected chi connectivity index (χ4v) is 2.88. The average Bonchev–Trinajstić information content (AvgIpc) is 2.52. The molecule has 2 rings (SSSR count). The lowest BCUT2D eigenvalue weighted by molar-refractivity contribution is 0.0446. The van der Waals surface area contributed by atoms with Gasteiger partial charge in [-0.25, -0.2) is 0 Å². The number of benzene rings is 1. The van der Waals surface area contributed by atoms with Crippen LogP contribution in [0.5, 0.6) is 0 Å². The zero-order valence-corrected chi connectivity index (χ0v) is 10.9. The second-order valence-electron chi connectivity index (χ2n) is 5.00. The zero-order valence-electron chi connectivity index (χ0n) is 9.34. The number of hydrogen-bond acceptors (Lipinski definition) is 1. The molecule has 16 heavy (non-hydrogen) atoms. The lowest BCUT2D eigenvalue weighted by atomic mass is 9.92. The normalized spacial score (nSPS) is 29.6. The van der Waals surface area contributed by atoms with Crippen molar-refractivity contribution in [2.75, 3.05) is 0 Å². The Bertz CT molecular complexity index is 392. The van der Waals surface area contributed by atoms with Gasteiger partial charge in [0.25, 0.3) is 0 Å². The molecule has 1 N–H and O–H groups in total. The third-order valence-corrected chi connectivity index (χ3v) is 4.09. The van der Waals surface area contributed by atoms with Crippen molar-refractivity contribution in [3.05, 3.63) is 33.8 Å². The molecule has 0 aromatic heterocycles. The van der Waals surface area contributed by atoms with Gasteiger partial charge >= 0.3 is 0 Å². The monoisotopic (exact) mass is 258 g/mol. The number of halogens is 2. The van der Waals surface area contributed by atoms with E-state index < -0.39 is 5.60 Å². The summed E-state index contributed by atoms with van der Waals surface area (Å²) in [4.78, 5) is 0. The number of aliphatic hydroxyl groups is 1. The van der Waals surface area contributed by atoms with E-state index in [0.29, 0.717) is 22.4 Å². The lowest BCUT2D eigenvalue weighted by Crippen LogP contribution is -2.27. The van der Waals surface area contributed by atoms with Gasteiger partial charge < -0.3 is 5.11 Å². The van der Waals surface area contributed by atoms with Gasteiger partial charge in [-0.2, -0.15) is 0 Å². The van der Waals surface area contributed by atoms with Crippen LogP contribution in [-0.2, 0) is 6.42 Å². The van der Waals surface area contributed by atoms with Crippen LogP contribution in [0.3, 0.4) is 0 Å². The summed E-state index contributed by atoms with van der Waals surface area (Å²) in [5, 5.41) is 11.5. The Morgan fingerprint density at radius 2 is 2.12 bits per heavy atom. The summed E-state index contributed by atoms with van der Waals surface area (Å²) in [6, 6.07) is 5.58. The highest BCUT2D eigenvalue weighted by molar-refractivity contribution is 6.42. The van der Waals surface area contributed by atoms with Gasteiger partial charge in [-0.3, -0.25) is 0 Å². The van der Waals surface area contributed by atoms with Gasteiger partial charge in [0.05, 0.1) is 15.6 Å². The van der Waals surface area contributed by atoms with E-state index in [1.165, 1.54) is 0 Å². The zero-order chi connectivity index (χ0) is 11.8. The molecule has 0 spiro atoms. The van der Waals surface area contributed by atoms with E-state index in [2.05, 4.69) is 6.92 Å². The van der Waals surface area contributed by atoms with Crippen LogP contribution in [0.4, 0.5) is 0 Å². The van der Waals surface area contributed by atoms with Crippen molar-refractivity contribution in [2.45, 2.75) is 38.2 Å². The Morgan fingerprint density at radius 3 is 2.69 bits per heavy atom. The van der Waals surface area contributed by atoms with Crippen LogP contribution >= 0.6 is 23.2 Å². The molecule has 2 unspecified atom stereocenters. The molecule has 1 fully saturated rings. The molecular formula is C13H16Cl2O. The van der Waals surface area contributed by atoms with Crippen molar-refractivity contribution >= 4 is 23.2 Å². The van der Waals surface area contributed by atoms with E-state index in [1.807, 2.05) is 12.1 Å². The van der Waals surface area contributed by atoms with E-state index in [-0.39, 0.29) is 0 Å². The summed E-state index contributed by atoms with van der Waals surface area (Å²) >= 11 is 11.8. The fraction of sp³-hybridized carbons (Fsp3) is 0.538. The van der Waals surface area contributed by atoms with E-state index in [1.54, 1.807) is 6.07 Å². The van der Waals surface area contributed by atoms with Crippen molar-refractivity contribution < 1.29 is 5.11 Å². The standard InChI is InChI=1S/C13H16Cl2O/c1-9-4-5-13(16,7-9)8-10-2-3-11(14)12(15)6-10/h2-3,6,9,16H,4-5,7-8H2,1H3. The van der Waals surface area contributed by atoms with Crippen LogP contribution in [0.25, 0.3) is 0 Å². The van der Waals surface area contributed by atoms with Crippen LogP contribution in [0.2, 0.25) is 10.0 Å². The molecule has 0 saturated heterocycles. The molecule has 2 atom stereocenters. The Morgan fingerprint density at radius 1 is 1.38 bits per heavy atom. The molecule has 88 valence electrons. The summed E-state index contributed by atoms with van der Waals surface area (Å²) in [5.41, 5.74) is 0.516. The first-order chi connectivity index (χ1) is 7.48. The summed E-state index contributed by atoms with van der Waals surface area (Å²) in [7, 11) is 0. The molecule has 0 bridgehead atoms. The van der Waals surface area contributed by atoms with Crippen LogP contribution < -0.4 is 0 Å². The molecule has 1 aliphatic carbocycles. The Balaban J connectivity index is 2.12. The minimum Gasteiger partial charge on any atom is -0.390 e. The van der Waals surface area contributed by atoms with Crippen molar-refractivity contribution in [1.82, 2.24) is 0 Å². The van der Waals surface area contributed by atoms with E-state index >= 15 is 0 Å².